The molecule has 1 unspecified atom stereocenters. The van der Waals surface area contributed by atoms with Crippen molar-refractivity contribution in [2.24, 2.45) is 0 Å². The summed E-state index contributed by atoms with van der Waals surface area (Å²) in [6, 6.07) is 17.0. The maximum atomic E-state index is 13.7. The van der Waals surface area contributed by atoms with Gasteiger partial charge in [-0.05, 0) is 11.1 Å². The molecule has 2 amide bonds. The second-order valence-electron chi connectivity index (χ2n) is 8.77. The highest BCUT2D eigenvalue weighted by atomic mass is 32.1. The monoisotopic (exact) mass is 536 g/mol. The number of cyclic esters (lactones) is 1. The van der Waals surface area contributed by atoms with E-state index in [4.69, 9.17) is 20.0 Å². The van der Waals surface area contributed by atoms with Gasteiger partial charge >= 0.3 is 17.7 Å². The predicted molar refractivity (Wildman–Crippen MR) is 134 cm³/mol. The van der Waals surface area contributed by atoms with E-state index in [1.165, 1.54) is 11.3 Å². The van der Waals surface area contributed by atoms with Gasteiger partial charge in [0.1, 0.15) is 12.6 Å². The van der Waals surface area contributed by atoms with Gasteiger partial charge < -0.3 is 20.5 Å². The number of nitrogens with one attached hydrogen (secondary N) is 1. The van der Waals surface area contributed by atoms with Crippen LogP contribution in [0, 0.1) is 0 Å². The van der Waals surface area contributed by atoms with E-state index >= 15 is 0 Å². The van der Waals surface area contributed by atoms with Gasteiger partial charge in [0.25, 0.3) is 5.91 Å². The molecule has 3 aromatic rings. The Morgan fingerprint density at radius 1 is 1.13 bits per heavy atom. The summed E-state index contributed by atoms with van der Waals surface area (Å²) in [5, 5.41) is 5.27. The van der Waals surface area contributed by atoms with Crippen molar-refractivity contribution in [3.05, 3.63) is 82.9 Å². The zero-order valence-electron chi connectivity index (χ0n) is 20.1. The Morgan fingerprint density at radius 3 is 2.34 bits per heavy atom. The van der Waals surface area contributed by atoms with E-state index in [2.05, 4.69) is 10.3 Å². The number of benzene rings is 2. The highest BCUT2D eigenvalue weighted by Crippen LogP contribution is 2.37. The first-order valence-corrected chi connectivity index (χ1v) is 12.7. The van der Waals surface area contributed by atoms with E-state index in [0.717, 1.165) is 5.06 Å². The first-order chi connectivity index (χ1) is 18.4. The normalized spacial score (nSPS) is 21.0. The van der Waals surface area contributed by atoms with E-state index < -0.39 is 41.6 Å². The van der Waals surface area contributed by atoms with Crippen LogP contribution < -0.4 is 11.1 Å². The molecule has 2 aliphatic heterocycles. The Balaban J connectivity index is 1.36. The Morgan fingerprint density at radius 2 is 1.79 bits per heavy atom. The van der Waals surface area contributed by atoms with E-state index in [9.17, 15) is 19.2 Å². The van der Waals surface area contributed by atoms with Crippen LogP contribution in [0.15, 0.2) is 66.0 Å². The Bertz CT molecular complexity index is 1310. The molecule has 2 aromatic carbocycles. The number of esters is 2. The van der Waals surface area contributed by atoms with Crippen molar-refractivity contribution in [1.82, 2.24) is 15.4 Å². The standard InChI is InChI=1S/C26H24N4O7S/c27-25-28-18(15-38-25)13-20(31)29-19-14-35-30(23(19)33)26(12-11-21(32)37-26)24(34)36-22(16-7-3-1-4-8-16)17-9-5-2-6-10-17/h1-10,15,19,22H,11-14H2,(H2,27,28)(H,29,31)/t19-,26?/m0/s1. The van der Waals surface area contributed by atoms with Gasteiger partial charge in [0.2, 0.25) is 5.91 Å². The maximum absolute atomic E-state index is 13.7. The van der Waals surface area contributed by atoms with Gasteiger partial charge in [0, 0.05) is 11.8 Å². The van der Waals surface area contributed by atoms with Crippen LogP contribution in [0.1, 0.15) is 35.8 Å². The first-order valence-electron chi connectivity index (χ1n) is 11.8. The quantitative estimate of drug-likeness (QED) is 0.411. The molecule has 11 nitrogen and oxygen atoms in total. The summed E-state index contributed by atoms with van der Waals surface area (Å²) >= 11 is 1.20. The molecule has 196 valence electrons. The minimum Gasteiger partial charge on any atom is -0.448 e. The lowest BCUT2D eigenvalue weighted by atomic mass is 10.0. The summed E-state index contributed by atoms with van der Waals surface area (Å²) in [5.41, 5.74) is 5.31. The third-order valence-electron chi connectivity index (χ3n) is 6.14. The minimum atomic E-state index is -2.13. The molecule has 0 saturated carbocycles. The third-order valence-corrected chi connectivity index (χ3v) is 6.86. The topological polar surface area (TPSA) is 150 Å². The zero-order chi connectivity index (χ0) is 26.7. The molecule has 0 bridgehead atoms. The van der Waals surface area contributed by atoms with Crippen LogP contribution in [-0.2, 0) is 39.9 Å². The number of anilines is 1. The lowest BCUT2D eigenvalue weighted by Gasteiger charge is -2.34. The molecule has 2 fully saturated rings. The molecule has 0 aliphatic carbocycles. The highest BCUT2D eigenvalue weighted by molar-refractivity contribution is 7.13. The van der Waals surface area contributed by atoms with Crippen LogP contribution in [0.3, 0.4) is 0 Å². The van der Waals surface area contributed by atoms with Crippen LogP contribution in [0.5, 0.6) is 0 Å². The van der Waals surface area contributed by atoms with Crippen molar-refractivity contribution < 1.29 is 33.5 Å². The molecule has 3 heterocycles. The Kier molecular flexibility index (Phi) is 7.07. The van der Waals surface area contributed by atoms with Crippen molar-refractivity contribution in [3.8, 4) is 0 Å². The molecule has 38 heavy (non-hydrogen) atoms. The summed E-state index contributed by atoms with van der Waals surface area (Å²) in [6.45, 7) is -0.253. The largest absolute Gasteiger partial charge is 0.448 e. The number of amides is 2. The zero-order valence-corrected chi connectivity index (χ0v) is 20.9. The summed E-state index contributed by atoms with van der Waals surface area (Å²) in [6.07, 6.45) is -1.20. The number of nitrogens with zero attached hydrogens (tertiary/aromatic N) is 2. The number of hydroxylamine groups is 2. The number of thiazole rings is 1. The van der Waals surface area contributed by atoms with Crippen LogP contribution in [0.4, 0.5) is 5.13 Å². The lowest BCUT2D eigenvalue weighted by molar-refractivity contribution is -0.260. The molecule has 2 atom stereocenters. The second-order valence-corrected chi connectivity index (χ2v) is 9.66. The number of aromatic nitrogens is 1. The van der Waals surface area contributed by atoms with Gasteiger partial charge in [-0.3, -0.25) is 19.2 Å². The van der Waals surface area contributed by atoms with Crippen LogP contribution >= 0.6 is 11.3 Å². The SMILES string of the molecule is Nc1nc(CC(=O)N[C@H]2CON(C3(C(=O)OC(c4ccccc4)c4ccccc4)CCC(=O)O3)C2=O)cs1. The minimum absolute atomic E-state index is 0.0878. The summed E-state index contributed by atoms with van der Waals surface area (Å²) in [4.78, 5) is 61.2. The van der Waals surface area contributed by atoms with Crippen molar-refractivity contribution in [1.29, 1.82) is 0 Å². The fourth-order valence-corrected chi connectivity index (χ4v) is 4.90. The number of hydrogen-bond donors (Lipinski definition) is 2. The Labute approximate surface area is 221 Å². The average molecular weight is 537 g/mol. The fourth-order valence-electron chi connectivity index (χ4n) is 4.34. The number of hydrogen-bond acceptors (Lipinski definition) is 10. The molecule has 1 aromatic heterocycles. The maximum Gasteiger partial charge on any atom is 0.376 e. The van der Waals surface area contributed by atoms with Gasteiger partial charge in [-0.25, -0.2) is 9.78 Å². The fraction of sp³-hybridized carbons (Fsp3) is 0.269. The molecule has 0 spiro atoms. The van der Waals surface area contributed by atoms with Gasteiger partial charge in [0.05, 0.1) is 18.5 Å². The molecule has 2 saturated heterocycles. The van der Waals surface area contributed by atoms with E-state index in [1.54, 1.807) is 29.6 Å². The van der Waals surface area contributed by atoms with E-state index in [1.807, 2.05) is 36.4 Å². The first kappa shape index (κ1) is 25.4. The molecule has 0 radical (unpaired) electrons. The number of rotatable bonds is 8. The van der Waals surface area contributed by atoms with Gasteiger partial charge in [-0.1, -0.05) is 60.7 Å². The van der Waals surface area contributed by atoms with Gasteiger partial charge in [-0.2, -0.15) is 5.06 Å². The van der Waals surface area contributed by atoms with Crippen molar-refractivity contribution in [2.45, 2.75) is 37.1 Å². The average Bonchev–Trinajstić information content (AvgIpc) is 3.62. The second kappa shape index (κ2) is 10.6. The van der Waals surface area contributed by atoms with Crippen molar-refractivity contribution in [3.63, 3.8) is 0 Å². The molecule has 5 rings (SSSR count). The van der Waals surface area contributed by atoms with Crippen LogP contribution in [0.25, 0.3) is 0 Å². The number of nitrogens with two attached hydrogens (primary N) is 1. The summed E-state index contributed by atoms with van der Waals surface area (Å²) in [7, 11) is 0. The number of ether oxygens (including phenoxy) is 2. The predicted octanol–water partition coefficient (Wildman–Crippen LogP) is 1.89. The van der Waals surface area contributed by atoms with E-state index in [0.29, 0.717) is 22.0 Å². The number of nitrogen functional groups attached to an aromatic ring is 1. The van der Waals surface area contributed by atoms with Gasteiger partial charge in [-0.15, -0.1) is 11.3 Å². The van der Waals surface area contributed by atoms with E-state index in [-0.39, 0.29) is 25.9 Å². The van der Waals surface area contributed by atoms with Crippen LogP contribution in [-0.4, -0.2) is 52.2 Å². The summed E-state index contributed by atoms with van der Waals surface area (Å²) in [5.74, 6) is -2.85. The van der Waals surface area contributed by atoms with Crippen molar-refractivity contribution in [2.75, 3.05) is 12.3 Å². The molecular formula is C26H24N4O7S. The Hall–Kier alpha value is -4.29. The molecule has 3 N–H and O–H groups in total. The smallest absolute Gasteiger partial charge is 0.376 e. The summed E-state index contributed by atoms with van der Waals surface area (Å²) < 4.78 is 11.3. The lowest BCUT2D eigenvalue weighted by Crippen LogP contribution is -2.57. The highest BCUT2D eigenvalue weighted by Gasteiger charge is 2.60. The molecular weight excluding hydrogens is 512 g/mol. The number of carbonyl (C=O) groups excluding carboxylic acids is 4. The third kappa shape index (κ3) is 5.08. The molecule has 12 heteroatoms. The van der Waals surface area contributed by atoms with Crippen molar-refractivity contribution >= 4 is 40.2 Å². The van der Waals surface area contributed by atoms with Crippen LogP contribution in [0.2, 0.25) is 0 Å². The van der Waals surface area contributed by atoms with Gasteiger partial charge in [0.15, 0.2) is 11.2 Å². The number of carbonyl (C=O) groups is 4. The molecule has 2 aliphatic rings.